The summed E-state index contributed by atoms with van der Waals surface area (Å²) in [6.45, 7) is 1.59. The maximum absolute atomic E-state index is 5.66. The first-order chi connectivity index (χ1) is 6.77. The largest absolute Gasteiger partial charge is 0.379 e. The van der Waals surface area contributed by atoms with Gasteiger partial charge in [-0.15, -0.1) is 10.2 Å². The van der Waals surface area contributed by atoms with E-state index >= 15 is 0 Å². The van der Waals surface area contributed by atoms with E-state index in [1.54, 1.807) is 6.07 Å². The van der Waals surface area contributed by atoms with Crippen LogP contribution in [-0.2, 0) is 4.74 Å². The van der Waals surface area contributed by atoms with Gasteiger partial charge < -0.3 is 9.64 Å². The second-order valence-corrected chi connectivity index (χ2v) is 3.73. The summed E-state index contributed by atoms with van der Waals surface area (Å²) >= 11 is 5.66. The number of nitrogens with zero attached hydrogens (tertiary/aromatic N) is 3. The molecule has 0 aromatic carbocycles. The zero-order chi connectivity index (χ0) is 9.97. The smallest absolute Gasteiger partial charge is 0.151 e. The molecule has 76 valence electrons. The number of halogens is 1. The number of hydrogen-bond donors (Lipinski definition) is 0. The molecular weight excluding hydrogens is 202 g/mol. The van der Waals surface area contributed by atoms with Gasteiger partial charge in [-0.3, -0.25) is 0 Å². The second kappa shape index (κ2) is 4.11. The minimum atomic E-state index is 0.408. The Hall–Kier alpha value is -0.870. The molecule has 1 aliphatic rings. The molecule has 0 bridgehead atoms. The van der Waals surface area contributed by atoms with Crippen molar-refractivity contribution in [3.8, 4) is 0 Å². The third kappa shape index (κ3) is 1.96. The molecule has 0 amide bonds. The van der Waals surface area contributed by atoms with Gasteiger partial charge in [0.05, 0.1) is 12.6 Å². The summed E-state index contributed by atoms with van der Waals surface area (Å²) in [5.74, 6) is 0.838. The summed E-state index contributed by atoms with van der Waals surface area (Å²) < 4.78 is 5.31. The minimum absolute atomic E-state index is 0.408. The van der Waals surface area contributed by atoms with Crippen LogP contribution in [0.4, 0.5) is 5.82 Å². The molecule has 1 fully saturated rings. The fraction of sp³-hybridized carbons (Fsp3) is 0.556. The average Bonchev–Trinajstić information content (AvgIpc) is 2.71. The predicted molar refractivity (Wildman–Crippen MR) is 54.7 cm³/mol. The van der Waals surface area contributed by atoms with Crippen LogP contribution in [0.2, 0.25) is 5.15 Å². The Kier molecular flexibility index (Phi) is 2.84. The topological polar surface area (TPSA) is 38.2 Å². The first kappa shape index (κ1) is 9.68. The maximum atomic E-state index is 5.66. The van der Waals surface area contributed by atoms with Crippen molar-refractivity contribution in [2.75, 3.05) is 25.2 Å². The van der Waals surface area contributed by atoms with E-state index in [-0.39, 0.29) is 0 Å². The molecular formula is C9H12ClN3O. The van der Waals surface area contributed by atoms with Crippen molar-refractivity contribution in [1.82, 2.24) is 10.2 Å². The quantitative estimate of drug-likeness (QED) is 0.744. The van der Waals surface area contributed by atoms with Gasteiger partial charge in [-0.1, -0.05) is 11.6 Å². The van der Waals surface area contributed by atoms with Crippen LogP contribution in [0, 0.1) is 0 Å². The predicted octanol–water partition coefficient (Wildman–Crippen LogP) is 1.36. The zero-order valence-corrected chi connectivity index (χ0v) is 8.74. The van der Waals surface area contributed by atoms with E-state index < -0.39 is 0 Å². The van der Waals surface area contributed by atoms with Gasteiger partial charge in [0.15, 0.2) is 11.0 Å². The summed E-state index contributed by atoms with van der Waals surface area (Å²) in [6, 6.07) is 4.02. The van der Waals surface area contributed by atoms with E-state index in [9.17, 15) is 0 Å². The Morgan fingerprint density at radius 1 is 1.50 bits per heavy atom. The lowest BCUT2D eigenvalue weighted by Gasteiger charge is -2.23. The summed E-state index contributed by atoms with van der Waals surface area (Å²) in [5, 5.41) is 8.24. The summed E-state index contributed by atoms with van der Waals surface area (Å²) in [5.41, 5.74) is 0. The maximum Gasteiger partial charge on any atom is 0.151 e. The fourth-order valence-corrected chi connectivity index (χ4v) is 1.61. The monoisotopic (exact) mass is 213 g/mol. The van der Waals surface area contributed by atoms with E-state index in [1.807, 2.05) is 13.1 Å². The molecule has 2 heterocycles. The van der Waals surface area contributed by atoms with Crippen molar-refractivity contribution < 1.29 is 4.74 Å². The number of ether oxygens (including phenoxy) is 1. The highest BCUT2D eigenvalue weighted by Gasteiger charge is 2.21. The first-order valence-corrected chi connectivity index (χ1v) is 4.95. The molecule has 5 heteroatoms. The molecule has 1 unspecified atom stereocenters. The standard InChI is InChI=1S/C9H12ClN3O/c1-13(7-4-5-14-6-7)9-3-2-8(10)11-12-9/h2-3,7H,4-6H2,1H3. The molecule has 1 saturated heterocycles. The Morgan fingerprint density at radius 3 is 2.93 bits per heavy atom. The van der Waals surface area contributed by atoms with Gasteiger partial charge in [0, 0.05) is 13.7 Å². The van der Waals surface area contributed by atoms with Crippen LogP contribution in [0.25, 0.3) is 0 Å². The highest BCUT2D eigenvalue weighted by Crippen LogP contribution is 2.17. The molecule has 0 N–H and O–H groups in total. The number of likely N-dealkylation sites (N-methyl/N-ethyl adjacent to an activating group) is 1. The minimum Gasteiger partial charge on any atom is -0.379 e. The molecule has 0 aliphatic carbocycles. The van der Waals surface area contributed by atoms with Crippen molar-refractivity contribution in [2.45, 2.75) is 12.5 Å². The van der Waals surface area contributed by atoms with Crippen LogP contribution < -0.4 is 4.90 Å². The van der Waals surface area contributed by atoms with Gasteiger partial charge in [0.25, 0.3) is 0 Å². The van der Waals surface area contributed by atoms with Crippen LogP contribution in [0.15, 0.2) is 12.1 Å². The Morgan fingerprint density at radius 2 is 2.36 bits per heavy atom. The van der Waals surface area contributed by atoms with E-state index in [1.165, 1.54) is 0 Å². The lowest BCUT2D eigenvalue weighted by molar-refractivity contribution is 0.193. The summed E-state index contributed by atoms with van der Waals surface area (Å²) in [7, 11) is 2.00. The highest BCUT2D eigenvalue weighted by molar-refractivity contribution is 6.29. The third-order valence-electron chi connectivity index (χ3n) is 2.43. The first-order valence-electron chi connectivity index (χ1n) is 4.57. The number of rotatable bonds is 2. The highest BCUT2D eigenvalue weighted by atomic mass is 35.5. The molecule has 0 spiro atoms. The van der Waals surface area contributed by atoms with Crippen LogP contribution in [0.5, 0.6) is 0 Å². The van der Waals surface area contributed by atoms with Crippen LogP contribution in [0.1, 0.15) is 6.42 Å². The molecule has 14 heavy (non-hydrogen) atoms. The van der Waals surface area contributed by atoms with Gasteiger partial charge in [-0.25, -0.2) is 0 Å². The fourth-order valence-electron chi connectivity index (χ4n) is 1.51. The van der Waals surface area contributed by atoms with Crippen molar-refractivity contribution in [1.29, 1.82) is 0 Å². The Bertz CT molecular complexity index is 297. The van der Waals surface area contributed by atoms with Gasteiger partial charge in [0.2, 0.25) is 0 Å². The molecule has 1 aliphatic heterocycles. The molecule has 2 rings (SSSR count). The number of aromatic nitrogens is 2. The normalized spacial score (nSPS) is 21.1. The molecule has 0 saturated carbocycles. The van der Waals surface area contributed by atoms with Gasteiger partial charge >= 0.3 is 0 Å². The SMILES string of the molecule is CN(c1ccc(Cl)nn1)C1CCOC1. The Labute approximate surface area is 87.8 Å². The summed E-state index contributed by atoms with van der Waals surface area (Å²) in [4.78, 5) is 2.08. The molecule has 4 nitrogen and oxygen atoms in total. The second-order valence-electron chi connectivity index (χ2n) is 3.34. The van der Waals surface area contributed by atoms with Crippen LogP contribution in [-0.4, -0.2) is 36.5 Å². The van der Waals surface area contributed by atoms with Gasteiger partial charge in [0.1, 0.15) is 0 Å². The van der Waals surface area contributed by atoms with Crippen molar-refractivity contribution in [2.24, 2.45) is 0 Å². The van der Waals surface area contributed by atoms with Crippen LogP contribution >= 0.6 is 11.6 Å². The van der Waals surface area contributed by atoms with E-state index in [2.05, 4.69) is 15.1 Å². The Balaban J connectivity index is 2.09. The van der Waals surface area contributed by atoms with Crippen LogP contribution in [0.3, 0.4) is 0 Å². The lowest BCUT2D eigenvalue weighted by atomic mass is 10.2. The van der Waals surface area contributed by atoms with Crippen molar-refractivity contribution in [3.05, 3.63) is 17.3 Å². The van der Waals surface area contributed by atoms with E-state index in [4.69, 9.17) is 16.3 Å². The van der Waals surface area contributed by atoms with Gasteiger partial charge in [-0.2, -0.15) is 0 Å². The van der Waals surface area contributed by atoms with E-state index in [0.29, 0.717) is 11.2 Å². The lowest BCUT2D eigenvalue weighted by Crippen LogP contribution is -2.32. The van der Waals surface area contributed by atoms with Crippen molar-refractivity contribution >= 4 is 17.4 Å². The molecule has 0 radical (unpaired) electrons. The van der Waals surface area contributed by atoms with E-state index in [0.717, 1.165) is 25.5 Å². The molecule has 1 aromatic rings. The van der Waals surface area contributed by atoms with Crippen molar-refractivity contribution in [3.63, 3.8) is 0 Å². The molecule has 1 atom stereocenters. The summed E-state index contributed by atoms with van der Waals surface area (Å²) in [6.07, 6.45) is 1.04. The average molecular weight is 214 g/mol. The third-order valence-corrected chi connectivity index (χ3v) is 2.63. The number of anilines is 1. The number of hydrogen-bond acceptors (Lipinski definition) is 4. The molecule has 1 aromatic heterocycles. The zero-order valence-electron chi connectivity index (χ0n) is 7.98. The van der Waals surface area contributed by atoms with Gasteiger partial charge in [-0.05, 0) is 18.6 Å².